The Labute approximate surface area is 172 Å². The van der Waals surface area contributed by atoms with E-state index in [-0.39, 0.29) is 17.9 Å². The quantitative estimate of drug-likeness (QED) is 0.518. The Balaban J connectivity index is 1.38. The third kappa shape index (κ3) is 5.08. The largest absolute Gasteiger partial charge is 0.357 e. The highest BCUT2D eigenvalue weighted by molar-refractivity contribution is 5.81. The van der Waals surface area contributed by atoms with Crippen LogP contribution in [0.1, 0.15) is 56.8 Å². The molecule has 2 atom stereocenters. The van der Waals surface area contributed by atoms with Crippen LogP contribution in [0.4, 0.5) is 0 Å². The molecule has 0 aliphatic heterocycles. The molecule has 1 amide bonds. The molecular formula is C22H32N6O. The van der Waals surface area contributed by atoms with E-state index in [9.17, 15) is 4.79 Å². The maximum atomic E-state index is 12.4. The van der Waals surface area contributed by atoms with Gasteiger partial charge in [-0.15, -0.1) is 0 Å². The fraction of sp³-hybridized carbons (Fsp3) is 0.591. The minimum Gasteiger partial charge on any atom is -0.357 e. The molecule has 2 aliphatic rings. The summed E-state index contributed by atoms with van der Waals surface area (Å²) in [4.78, 5) is 21.9. The number of aliphatic imine (C=N–C) groups is 1. The summed E-state index contributed by atoms with van der Waals surface area (Å²) in [5.74, 6) is 1.15. The average Bonchev–Trinajstić information content (AvgIpc) is 3.42. The molecule has 0 spiro atoms. The van der Waals surface area contributed by atoms with Gasteiger partial charge in [0.25, 0.3) is 0 Å². The summed E-state index contributed by atoms with van der Waals surface area (Å²) >= 11 is 0. The molecule has 0 bridgehead atoms. The van der Waals surface area contributed by atoms with Crippen molar-refractivity contribution in [2.75, 3.05) is 6.54 Å². The van der Waals surface area contributed by atoms with Crippen molar-refractivity contribution in [1.29, 1.82) is 0 Å². The van der Waals surface area contributed by atoms with Crippen molar-refractivity contribution in [3.05, 3.63) is 35.8 Å². The number of guanidine groups is 1. The molecule has 2 unspecified atom stereocenters. The summed E-state index contributed by atoms with van der Waals surface area (Å²) < 4.78 is 2.09. The molecule has 2 fully saturated rings. The van der Waals surface area contributed by atoms with Gasteiger partial charge < -0.3 is 20.4 Å². The van der Waals surface area contributed by atoms with Gasteiger partial charge in [-0.25, -0.2) is 9.98 Å². The molecule has 2 aliphatic carbocycles. The minimum absolute atomic E-state index is 0.117. The van der Waals surface area contributed by atoms with Crippen LogP contribution in [0.25, 0.3) is 5.65 Å². The van der Waals surface area contributed by atoms with E-state index in [0.717, 1.165) is 68.1 Å². The molecule has 0 radical (unpaired) electrons. The number of rotatable bonds is 6. The van der Waals surface area contributed by atoms with E-state index in [0.29, 0.717) is 12.6 Å². The second-order valence-corrected chi connectivity index (χ2v) is 8.31. The van der Waals surface area contributed by atoms with Gasteiger partial charge in [0.05, 0.1) is 12.2 Å². The highest BCUT2D eigenvalue weighted by Gasteiger charge is 2.31. The number of nitrogens with zero attached hydrogens (tertiary/aromatic N) is 3. The number of amides is 1. The molecule has 3 N–H and O–H groups in total. The number of imidazole rings is 1. The van der Waals surface area contributed by atoms with E-state index in [1.807, 2.05) is 12.1 Å². The van der Waals surface area contributed by atoms with Crippen molar-refractivity contribution in [3.63, 3.8) is 0 Å². The molecule has 29 heavy (non-hydrogen) atoms. The van der Waals surface area contributed by atoms with Crippen LogP contribution in [0.15, 0.2) is 29.4 Å². The van der Waals surface area contributed by atoms with Gasteiger partial charge in [0.2, 0.25) is 5.91 Å². The summed E-state index contributed by atoms with van der Waals surface area (Å²) in [7, 11) is 0. The molecule has 2 saturated carbocycles. The fourth-order valence-corrected chi connectivity index (χ4v) is 4.05. The highest BCUT2D eigenvalue weighted by Crippen LogP contribution is 2.26. The first-order valence-electron chi connectivity index (χ1n) is 10.9. The standard InChI is InChI=1S/C22H32N6O/c1-3-23-22(24-13-19-14-28-15(2)6-4-9-20(28)25-19)27-18-8-5-7-16(12-18)21(29)26-17-10-11-17/h4,6,9,14,16-18H,3,5,7-8,10-13H2,1-2H3,(H,26,29)(H2,23,24,27). The van der Waals surface area contributed by atoms with Gasteiger partial charge in [0, 0.05) is 36.4 Å². The van der Waals surface area contributed by atoms with Gasteiger partial charge in [-0.05, 0) is 58.1 Å². The topological polar surface area (TPSA) is 82.8 Å². The zero-order valence-corrected chi connectivity index (χ0v) is 17.4. The third-order valence-corrected chi connectivity index (χ3v) is 5.80. The molecule has 156 valence electrons. The maximum absolute atomic E-state index is 12.4. The van der Waals surface area contributed by atoms with Crippen LogP contribution < -0.4 is 16.0 Å². The van der Waals surface area contributed by atoms with E-state index < -0.39 is 0 Å². The van der Waals surface area contributed by atoms with Gasteiger partial charge in [-0.2, -0.15) is 0 Å². The van der Waals surface area contributed by atoms with Crippen molar-refractivity contribution in [2.24, 2.45) is 10.9 Å². The van der Waals surface area contributed by atoms with Crippen molar-refractivity contribution in [2.45, 2.75) is 71.0 Å². The van der Waals surface area contributed by atoms with Crippen LogP contribution in [0.5, 0.6) is 0 Å². The van der Waals surface area contributed by atoms with Crippen LogP contribution in [0, 0.1) is 12.8 Å². The van der Waals surface area contributed by atoms with Gasteiger partial charge in [0.1, 0.15) is 5.65 Å². The first-order valence-corrected chi connectivity index (χ1v) is 10.9. The lowest BCUT2D eigenvalue weighted by molar-refractivity contribution is -0.126. The van der Waals surface area contributed by atoms with Gasteiger partial charge in [-0.1, -0.05) is 12.5 Å². The zero-order chi connectivity index (χ0) is 20.2. The SMILES string of the molecule is CCNC(=NCc1cn2c(C)cccc2n1)NC1CCCC(C(=O)NC2CC2)C1. The fourth-order valence-electron chi connectivity index (χ4n) is 4.05. The summed E-state index contributed by atoms with van der Waals surface area (Å²) in [6, 6.07) is 6.82. The summed E-state index contributed by atoms with van der Waals surface area (Å²) in [5.41, 5.74) is 3.06. The molecule has 2 heterocycles. The average molecular weight is 397 g/mol. The van der Waals surface area contributed by atoms with Gasteiger partial charge in [-0.3, -0.25) is 4.79 Å². The summed E-state index contributed by atoms with van der Waals surface area (Å²) in [6.45, 7) is 5.47. The number of carbonyl (C=O) groups excluding carboxylic acids is 1. The van der Waals surface area contributed by atoms with Gasteiger partial charge in [0.15, 0.2) is 5.96 Å². The number of carbonyl (C=O) groups is 1. The van der Waals surface area contributed by atoms with Gasteiger partial charge >= 0.3 is 0 Å². The molecule has 0 aromatic carbocycles. The van der Waals surface area contributed by atoms with E-state index in [4.69, 9.17) is 4.99 Å². The van der Waals surface area contributed by atoms with E-state index >= 15 is 0 Å². The molecule has 2 aromatic heterocycles. The maximum Gasteiger partial charge on any atom is 0.223 e. The van der Waals surface area contributed by atoms with Crippen LogP contribution in [-0.2, 0) is 11.3 Å². The number of pyridine rings is 1. The van der Waals surface area contributed by atoms with Crippen molar-refractivity contribution in [1.82, 2.24) is 25.3 Å². The lowest BCUT2D eigenvalue weighted by Gasteiger charge is -2.30. The number of hydrogen-bond acceptors (Lipinski definition) is 3. The number of fused-ring (bicyclic) bond motifs is 1. The van der Waals surface area contributed by atoms with Crippen LogP contribution in [-0.4, -0.2) is 39.9 Å². The number of hydrogen-bond donors (Lipinski definition) is 3. The number of nitrogens with one attached hydrogen (secondary N) is 3. The van der Waals surface area contributed by atoms with Crippen molar-refractivity contribution in [3.8, 4) is 0 Å². The Bertz CT molecular complexity index is 885. The molecule has 7 nitrogen and oxygen atoms in total. The molecule has 0 saturated heterocycles. The normalized spacial score (nSPS) is 22.5. The van der Waals surface area contributed by atoms with Crippen LogP contribution in [0.2, 0.25) is 0 Å². The zero-order valence-electron chi connectivity index (χ0n) is 17.4. The van der Waals surface area contributed by atoms with Crippen LogP contribution >= 0.6 is 0 Å². The smallest absolute Gasteiger partial charge is 0.223 e. The van der Waals surface area contributed by atoms with E-state index in [2.05, 4.69) is 51.4 Å². The van der Waals surface area contributed by atoms with E-state index in [1.165, 1.54) is 0 Å². The minimum atomic E-state index is 0.117. The first kappa shape index (κ1) is 19.7. The Hall–Kier alpha value is -2.57. The first-order chi connectivity index (χ1) is 14.1. The number of aryl methyl sites for hydroxylation is 1. The predicted octanol–water partition coefficient (Wildman–Crippen LogP) is 2.54. The molecule has 4 rings (SSSR count). The molecular weight excluding hydrogens is 364 g/mol. The Morgan fingerprint density at radius 1 is 1.21 bits per heavy atom. The Morgan fingerprint density at radius 2 is 2.07 bits per heavy atom. The highest BCUT2D eigenvalue weighted by atomic mass is 16.2. The van der Waals surface area contributed by atoms with E-state index in [1.54, 1.807) is 0 Å². The van der Waals surface area contributed by atoms with Crippen molar-refractivity contribution < 1.29 is 4.79 Å². The predicted molar refractivity (Wildman–Crippen MR) is 115 cm³/mol. The number of aromatic nitrogens is 2. The van der Waals surface area contributed by atoms with Crippen LogP contribution in [0.3, 0.4) is 0 Å². The third-order valence-electron chi connectivity index (χ3n) is 5.80. The monoisotopic (exact) mass is 396 g/mol. The Morgan fingerprint density at radius 3 is 2.83 bits per heavy atom. The lowest BCUT2D eigenvalue weighted by Crippen LogP contribution is -2.47. The second-order valence-electron chi connectivity index (χ2n) is 8.31. The molecule has 7 heteroatoms. The molecule has 2 aromatic rings. The Kier molecular flexibility index (Phi) is 6.02. The van der Waals surface area contributed by atoms with Crippen molar-refractivity contribution >= 4 is 17.5 Å². The summed E-state index contributed by atoms with van der Waals surface area (Å²) in [6.07, 6.45) is 8.34. The summed E-state index contributed by atoms with van der Waals surface area (Å²) in [5, 5.41) is 10.0. The second kappa shape index (κ2) is 8.84. The lowest BCUT2D eigenvalue weighted by atomic mass is 9.85.